The van der Waals surface area contributed by atoms with Gasteiger partial charge in [0.2, 0.25) is 0 Å². The van der Waals surface area contributed by atoms with Crippen molar-refractivity contribution in [2.75, 3.05) is 26.8 Å². The van der Waals surface area contributed by atoms with Crippen molar-refractivity contribution in [1.29, 1.82) is 0 Å². The van der Waals surface area contributed by atoms with Crippen LogP contribution >= 0.6 is 0 Å². The molecule has 0 amide bonds. The topological polar surface area (TPSA) is 6.48 Å². The second kappa shape index (κ2) is 2.18. The van der Waals surface area contributed by atoms with Crippen LogP contribution in [-0.2, 0) is 17.7 Å². The Morgan fingerprint density at radius 2 is 2.14 bits per heavy atom. The van der Waals surface area contributed by atoms with Gasteiger partial charge in [0.25, 0.3) is 0 Å². The quantitative estimate of drug-likeness (QED) is 0.449. The van der Waals surface area contributed by atoms with Crippen molar-refractivity contribution in [2.24, 2.45) is 0 Å². The molecule has 0 aliphatic carbocycles. The first-order valence-electron chi connectivity index (χ1n) is 2.41. The summed E-state index contributed by atoms with van der Waals surface area (Å²) in [5.41, 5.74) is 0. The first-order valence-corrected chi connectivity index (χ1v) is 3.04. The van der Waals surface area contributed by atoms with E-state index in [-0.39, 0.29) is 0 Å². The average Bonchev–Trinajstić information content (AvgIpc) is 1.87. The van der Waals surface area contributed by atoms with Gasteiger partial charge in [0.15, 0.2) is 0 Å². The molecule has 1 aliphatic heterocycles. The fourth-order valence-corrected chi connectivity index (χ4v) is 1.18. The molecule has 0 N–H and O–H groups in total. The average molecular weight is 136 g/mol. The number of rotatable bonds is 0. The van der Waals surface area contributed by atoms with Crippen LogP contribution in [0.5, 0.6) is 0 Å². The molecule has 1 aliphatic rings. The van der Waals surface area contributed by atoms with Gasteiger partial charge in [-0.1, -0.05) is 0 Å². The summed E-state index contributed by atoms with van der Waals surface area (Å²) < 4.78 is 2.24. The van der Waals surface area contributed by atoms with Gasteiger partial charge in [0.05, 0.1) is 0 Å². The fraction of sp³-hybridized carbons (Fsp3) is 1.00. The molecule has 1 fully saturated rings. The molecule has 40 valence electrons. The van der Waals surface area contributed by atoms with Gasteiger partial charge in [0, 0.05) is 0 Å². The summed E-state index contributed by atoms with van der Waals surface area (Å²) >= 11 is 2.55. The second-order valence-electron chi connectivity index (χ2n) is 1.95. The molecular weight excluding hydrogens is 127 g/mol. The molecule has 0 unspecified atom stereocenters. The Morgan fingerprint density at radius 1 is 1.43 bits per heavy atom. The maximum absolute atomic E-state index is 2.55. The molecular formula is C4H9N2V. The Labute approximate surface area is 53.7 Å². The second-order valence-corrected chi connectivity index (χ2v) is 2.83. The van der Waals surface area contributed by atoms with Gasteiger partial charge in [-0.25, -0.2) is 0 Å². The van der Waals surface area contributed by atoms with Gasteiger partial charge < -0.3 is 0 Å². The monoisotopic (exact) mass is 136 g/mol. The maximum atomic E-state index is 2.55. The minimum absolute atomic E-state index is 1.11. The number of hydrogen-bond donors (Lipinski definition) is 0. The van der Waals surface area contributed by atoms with Gasteiger partial charge in [-0.05, 0) is 0 Å². The van der Waals surface area contributed by atoms with E-state index in [1.807, 2.05) is 0 Å². The minimum atomic E-state index is 1.11. The van der Waals surface area contributed by atoms with E-state index in [1.165, 1.54) is 13.1 Å². The third-order valence-corrected chi connectivity index (χ3v) is 1.65. The Balaban J connectivity index is 2.26. The van der Waals surface area contributed by atoms with Crippen molar-refractivity contribution < 1.29 is 17.7 Å². The molecule has 1 saturated heterocycles. The predicted octanol–water partition coefficient (Wildman–Crippen LogP) is -0.347. The van der Waals surface area contributed by atoms with Crippen molar-refractivity contribution in [2.45, 2.75) is 0 Å². The van der Waals surface area contributed by atoms with E-state index >= 15 is 0 Å². The van der Waals surface area contributed by atoms with Crippen LogP contribution in [-0.4, -0.2) is 35.5 Å². The summed E-state index contributed by atoms with van der Waals surface area (Å²) in [5.74, 6) is 0. The first-order chi connectivity index (χ1) is 3.29. The van der Waals surface area contributed by atoms with Crippen molar-refractivity contribution in [1.82, 2.24) is 8.65 Å². The van der Waals surface area contributed by atoms with E-state index in [0.29, 0.717) is 0 Å². The predicted molar refractivity (Wildman–Crippen MR) is 24.2 cm³/mol. The van der Waals surface area contributed by atoms with E-state index < -0.39 is 0 Å². The van der Waals surface area contributed by atoms with Crippen LogP contribution in [0.2, 0.25) is 0 Å². The Hall–Kier alpha value is 0.504. The number of nitrogens with zero attached hydrogens (tertiary/aromatic N) is 2. The van der Waals surface area contributed by atoms with Crippen molar-refractivity contribution in [3.05, 3.63) is 0 Å². The van der Waals surface area contributed by atoms with Crippen LogP contribution < -0.4 is 0 Å². The van der Waals surface area contributed by atoms with E-state index in [4.69, 9.17) is 0 Å². The van der Waals surface area contributed by atoms with E-state index in [9.17, 15) is 0 Å². The van der Waals surface area contributed by atoms with Crippen LogP contribution in [0, 0.1) is 0 Å². The molecule has 0 aromatic rings. The summed E-state index contributed by atoms with van der Waals surface area (Å²) in [6, 6.07) is 0. The van der Waals surface area contributed by atoms with Gasteiger partial charge in [-0.2, -0.15) is 0 Å². The Bertz CT molecular complexity index is 58.7. The van der Waals surface area contributed by atoms with Crippen molar-refractivity contribution in [3.63, 3.8) is 0 Å². The Kier molecular flexibility index (Phi) is 1.76. The van der Waals surface area contributed by atoms with Crippen molar-refractivity contribution >= 4 is 0 Å². The molecule has 2 nitrogen and oxygen atoms in total. The Morgan fingerprint density at radius 3 is 2.29 bits per heavy atom. The van der Waals surface area contributed by atoms with Gasteiger partial charge in [-0.3, -0.25) is 0 Å². The molecule has 1 heterocycles. The summed E-state index contributed by atoms with van der Waals surface area (Å²) in [6.07, 6.45) is 0. The van der Waals surface area contributed by atoms with Gasteiger partial charge in [0.1, 0.15) is 0 Å². The summed E-state index contributed by atoms with van der Waals surface area (Å²) in [6.45, 7) is 3.53. The molecule has 7 heavy (non-hydrogen) atoms. The number of likely N-dealkylation sites (N-methyl/N-ethyl adjacent to an activating group) is 1. The molecule has 0 atom stereocenters. The van der Waals surface area contributed by atoms with Crippen LogP contribution in [0.1, 0.15) is 0 Å². The van der Waals surface area contributed by atoms with Crippen LogP contribution in [0.3, 0.4) is 0 Å². The third kappa shape index (κ3) is 1.46. The van der Waals surface area contributed by atoms with Crippen LogP contribution in [0.15, 0.2) is 0 Å². The molecule has 1 rings (SSSR count). The van der Waals surface area contributed by atoms with Gasteiger partial charge >= 0.3 is 53.1 Å². The summed E-state index contributed by atoms with van der Waals surface area (Å²) in [5, 5.41) is 0. The SMILES string of the molecule is CN1CC[N]([V])C1. The zero-order valence-electron chi connectivity index (χ0n) is 4.46. The van der Waals surface area contributed by atoms with E-state index in [2.05, 4.69) is 33.4 Å². The number of hydrogen-bond acceptors (Lipinski definition) is 2. The summed E-state index contributed by atoms with van der Waals surface area (Å²) in [7, 11) is 2.13. The standard InChI is InChI=1S/C4H9N2.V/c1-6-3-2-5-4-6;/h2-4H2,1H3;/q-1;+1. The molecule has 0 aromatic heterocycles. The third-order valence-electron chi connectivity index (χ3n) is 1.14. The molecule has 0 spiro atoms. The summed E-state index contributed by atoms with van der Waals surface area (Å²) in [4.78, 5) is 2.29. The molecule has 0 bridgehead atoms. The molecule has 0 radical (unpaired) electrons. The normalized spacial score (nSPS) is 26.4. The molecule has 0 aromatic carbocycles. The van der Waals surface area contributed by atoms with Crippen molar-refractivity contribution in [3.8, 4) is 0 Å². The van der Waals surface area contributed by atoms with Crippen LogP contribution in [0.4, 0.5) is 0 Å². The fourth-order valence-electron chi connectivity index (χ4n) is 0.706. The van der Waals surface area contributed by atoms with E-state index in [0.717, 1.165) is 6.67 Å². The van der Waals surface area contributed by atoms with E-state index in [1.54, 1.807) is 0 Å². The first kappa shape index (κ1) is 5.64. The zero-order valence-corrected chi connectivity index (χ0v) is 5.86. The molecule has 3 heteroatoms. The molecule has 0 saturated carbocycles. The zero-order chi connectivity index (χ0) is 5.28. The van der Waals surface area contributed by atoms with Crippen LogP contribution in [0.25, 0.3) is 0 Å². The van der Waals surface area contributed by atoms with Gasteiger partial charge in [-0.15, -0.1) is 0 Å².